The van der Waals surface area contributed by atoms with Crippen LogP contribution >= 0.6 is 11.3 Å². The molecule has 0 aliphatic heterocycles. The Kier molecular flexibility index (Phi) is 7.00. The molecule has 6 heteroatoms. The van der Waals surface area contributed by atoms with Gasteiger partial charge in [-0.05, 0) is 24.5 Å². The molecule has 2 aromatic rings. The molecule has 0 atom stereocenters. The number of nitrogens with one attached hydrogen (secondary N) is 2. The summed E-state index contributed by atoms with van der Waals surface area (Å²) in [5.41, 5.74) is 1.83. The number of hydrogen-bond acceptors (Lipinski definition) is 3. The molecule has 0 saturated heterocycles. The molecule has 0 bridgehead atoms. The quantitative estimate of drug-likeness (QED) is 0.605. The molecule has 0 spiro atoms. The van der Waals surface area contributed by atoms with Crippen molar-refractivity contribution in [3.8, 4) is 0 Å². The zero-order chi connectivity index (χ0) is 16.5. The van der Waals surface area contributed by atoms with Crippen molar-refractivity contribution in [2.75, 3.05) is 20.1 Å². The maximum absolute atomic E-state index is 13.5. The second-order valence-corrected chi connectivity index (χ2v) is 6.05. The third-order valence-corrected chi connectivity index (χ3v) is 4.49. The second kappa shape index (κ2) is 9.25. The Morgan fingerprint density at radius 3 is 2.61 bits per heavy atom. The molecule has 0 fully saturated rings. The van der Waals surface area contributed by atoms with Crippen molar-refractivity contribution >= 4 is 17.3 Å². The number of benzene rings is 1. The van der Waals surface area contributed by atoms with E-state index in [1.165, 1.54) is 11.1 Å². The minimum atomic E-state index is -0.160. The summed E-state index contributed by atoms with van der Waals surface area (Å²) >= 11 is 1.71. The summed E-state index contributed by atoms with van der Waals surface area (Å²) < 4.78 is 13.5. The Balaban J connectivity index is 1.70. The van der Waals surface area contributed by atoms with E-state index in [0.717, 1.165) is 31.0 Å². The van der Waals surface area contributed by atoms with E-state index in [4.69, 9.17) is 0 Å². The van der Waals surface area contributed by atoms with E-state index in [9.17, 15) is 4.39 Å². The van der Waals surface area contributed by atoms with Gasteiger partial charge in [0, 0.05) is 31.9 Å². The zero-order valence-corrected chi connectivity index (χ0v) is 14.4. The molecule has 0 saturated carbocycles. The predicted molar refractivity (Wildman–Crippen MR) is 94.7 cm³/mol. The molecule has 0 radical (unpaired) electrons. The van der Waals surface area contributed by atoms with Crippen LogP contribution in [0.3, 0.4) is 0 Å². The van der Waals surface area contributed by atoms with Gasteiger partial charge in [0.15, 0.2) is 5.96 Å². The van der Waals surface area contributed by atoms with Crippen molar-refractivity contribution in [2.45, 2.75) is 26.2 Å². The molecule has 1 aromatic carbocycles. The fourth-order valence-corrected chi connectivity index (χ4v) is 2.95. The number of rotatable bonds is 7. The van der Waals surface area contributed by atoms with Crippen molar-refractivity contribution in [2.24, 2.45) is 4.99 Å². The van der Waals surface area contributed by atoms with Gasteiger partial charge >= 0.3 is 0 Å². The first-order chi connectivity index (χ1) is 11.2. The number of aliphatic imine (C=N–C) groups is 1. The van der Waals surface area contributed by atoms with Crippen LogP contribution in [-0.2, 0) is 19.3 Å². The van der Waals surface area contributed by atoms with Crippen LogP contribution in [0.15, 0.2) is 34.6 Å². The van der Waals surface area contributed by atoms with Crippen LogP contribution in [-0.4, -0.2) is 31.1 Å². The maximum atomic E-state index is 13.5. The molecule has 2 N–H and O–H groups in total. The maximum Gasteiger partial charge on any atom is 0.190 e. The third-order valence-electron chi connectivity index (χ3n) is 3.44. The number of aromatic nitrogens is 1. The van der Waals surface area contributed by atoms with E-state index in [2.05, 4.69) is 32.9 Å². The van der Waals surface area contributed by atoms with Gasteiger partial charge in [0.2, 0.25) is 0 Å². The van der Waals surface area contributed by atoms with Crippen molar-refractivity contribution in [3.05, 3.63) is 51.7 Å². The lowest BCUT2D eigenvalue weighted by atomic mass is 10.1. The van der Waals surface area contributed by atoms with Gasteiger partial charge in [0.05, 0.1) is 10.7 Å². The van der Waals surface area contributed by atoms with E-state index >= 15 is 0 Å². The van der Waals surface area contributed by atoms with Crippen LogP contribution in [0, 0.1) is 5.82 Å². The first kappa shape index (κ1) is 17.4. The Morgan fingerprint density at radius 1 is 1.22 bits per heavy atom. The SMILES string of the molecule is CCc1nc(CCNC(=NC)NCCc2ccccc2F)cs1. The fourth-order valence-electron chi connectivity index (χ4n) is 2.17. The second-order valence-electron chi connectivity index (χ2n) is 5.10. The lowest BCUT2D eigenvalue weighted by Crippen LogP contribution is -2.39. The minimum absolute atomic E-state index is 0.160. The molecule has 1 aromatic heterocycles. The zero-order valence-electron chi connectivity index (χ0n) is 13.6. The number of guanidine groups is 1. The Bertz CT molecular complexity index is 639. The van der Waals surface area contributed by atoms with E-state index < -0.39 is 0 Å². The number of nitrogens with zero attached hydrogens (tertiary/aromatic N) is 2. The first-order valence-electron chi connectivity index (χ1n) is 7.84. The molecular formula is C17H23FN4S. The first-order valence-corrected chi connectivity index (χ1v) is 8.72. The lowest BCUT2D eigenvalue weighted by molar-refractivity contribution is 0.606. The monoisotopic (exact) mass is 334 g/mol. The van der Waals surface area contributed by atoms with Gasteiger partial charge < -0.3 is 10.6 Å². The van der Waals surface area contributed by atoms with Crippen LogP contribution < -0.4 is 10.6 Å². The average Bonchev–Trinajstić information content (AvgIpc) is 3.03. The fraction of sp³-hybridized carbons (Fsp3) is 0.412. The van der Waals surface area contributed by atoms with E-state index in [0.29, 0.717) is 18.5 Å². The van der Waals surface area contributed by atoms with Crippen molar-refractivity contribution < 1.29 is 4.39 Å². The number of halogens is 1. The third kappa shape index (κ3) is 5.63. The Labute approximate surface area is 140 Å². The van der Waals surface area contributed by atoms with Crippen LogP contribution in [0.25, 0.3) is 0 Å². The van der Waals surface area contributed by atoms with Gasteiger partial charge in [-0.15, -0.1) is 11.3 Å². The summed E-state index contributed by atoms with van der Waals surface area (Å²) in [6.07, 6.45) is 2.47. The molecule has 0 aliphatic carbocycles. The molecule has 4 nitrogen and oxygen atoms in total. The molecule has 1 heterocycles. The topological polar surface area (TPSA) is 49.3 Å². The highest BCUT2D eigenvalue weighted by molar-refractivity contribution is 7.09. The van der Waals surface area contributed by atoms with Gasteiger partial charge in [-0.3, -0.25) is 4.99 Å². The van der Waals surface area contributed by atoms with Crippen LogP contribution in [0.4, 0.5) is 4.39 Å². The van der Waals surface area contributed by atoms with Crippen molar-refractivity contribution in [3.63, 3.8) is 0 Å². The summed E-state index contributed by atoms with van der Waals surface area (Å²) in [6.45, 7) is 3.52. The van der Waals surface area contributed by atoms with Crippen molar-refractivity contribution in [1.82, 2.24) is 15.6 Å². The van der Waals surface area contributed by atoms with Gasteiger partial charge in [-0.2, -0.15) is 0 Å². The largest absolute Gasteiger partial charge is 0.356 e. The predicted octanol–water partition coefficient (Wildman–Crippen LogP) is 2.79. The molecule has 23 heavy (non-hydrogen) atoms. The highest BCUT2D eigenvalue weighted by Crippen LogP contribution is 2.10. The molecule has 2 rings (SSSR count). The smallest absolute Gasteiger partial charge is 0.190 e. The van der Waals surface area contributed by atoms with Gasteiger partial charge in [0.25, 0.3) is 0 Å². The summed E-state index contributed by atoms with van der Waals surface area (Å²) in [4.78, 5) is 8.72. The Morgan fingerprint density at radius 2 is 1.96 bits per heavy atom. The minimum Gasteiger partial charge on any atom is -0.356 e. The van der Waals surface area contributed by atoms with Gasteiger partial charge in [0.1, 0.15) is 5.82 Å². The number of aryl methyl sites for hydroxylation is 1. The van der Waals surface area contributed by atoms with Crippen LogP contribution in [0.1, 0.15) is 23.2 Å². The van der Waals surface area contributed by atoms with Crippen LogP contribution in [0.5, 0.6) is 0 Å². The Hall–Kier alpha value is -1.95. The summed E-state index contributed by atoms with van der Waals surface area (Å²) in [7, 11) is 1.73. The molecule has 0 aliphatic rings. The molecule has 0 amide bonds. The molecule has 0 unspecified atom stereocenters. The standard InChI is InChI=1S/C17H23FN4S/c1-3-16-22-14(12-23-16)9-11-21-17(19-2)20-10-8-13-6-4-5-7-15(13)18/h4-7,12H,3,8-11H2,1-2H3,(H2,19,20,21). The molecular weight excluding hydrogens is 311 g/mol. The average molecular weight is 334 g/mol. The van der Waals surface area contributed by atoms with Gasteiger partial charge in [-0.1, -0.05) is 25.1 Å². The summed E-state index contributed by atoms with van der Waals surface area (Å²) in [5, 5.41) is 9.74. The van der Waals surface area contributed by atoms with Crippen molar-refractivity contribution in [1.29, 1.82) is 0 Å². The lowest BCUT2D eigenvalue weighted by Gasteiger charge is -2.11. The highest BCUT2D eigenvalue weighted by atomic mass is 32.1. The van der Waals surface area contributed by atoms with E-state index in [1.807, 2.05) is 6.07 Å². The van der Waals surface area contributed by atoms with E-state index in [1.54, 1.807) is 30.5 Å². The highest BCUT2D eigenvalue weighted by Gasteiger charge is 2.03. The van der Waals surface area contributed by atoms with Crippen LogP contribution in [0.2, 0.25) is 0 Å². The molecule has 124 valence electrons. The number of thiazole rings is 1. The summed E-state index contributed by atoms with van der Waals surface area (Å²) in [6, 6.07) is 6.85. The number of hydrogen-bond donors (Lipinski definition) is 2. The van der Waals surface area contributed by atoms with E-state index in [-0.39, 0.29) is 5.82 Å². The van der Waals surface area contributed by atoms with Gasteiger partial charge in [-0.25, -0.2) is 9.37 Å². The normalized spacial score (nSPS) is 11.5. The summed E-state index contributed by atoms with van der Waals surface area (Å²) in [5.74, 6) is 0.569.